The van der Waals surface area contributed by atoms with E-state index in [0.29, 0.717) is 25.1 Å². The molecule has 7 nitrogen and oxygen atoms in total. The molecule has 2 N–H and O–H groups in total. The Morgan fingerprint density at radius 3 is 2.34 bits per heavy atom. The van der Waals surface area contributed by atoms with E-state index < -0.39 is 5.97 Å². The molecular formula is C22H24N2O5. The van der Waals surface area contributed by atoms with E-state index >= 15 is 0 Å². The van der Waals surface area contributed by atoms with Gasteiger partial charge in [-0.25, -0.2) is 4.79 Å². The van der Waals surface area contributed by atoms with Crippen LogP contribution in [0.4, 0.5) is 5.69 Å². The summed E-state index contributed by atoms with van der Waals surface area (Å²) in [6.07, 6.45) is 1.20. The molecule has 2 aromatic rings. The average molecular weight is 396 g/mol. The summed E-state index contributed by atoms with van der Waals surface area (Å²) in [7, 11) is 2.90. The summed E-state index contributed by atoms with van der Waals surface area (Å²) >= 11 is 0. The quantitative estimate of drug-likeness (QED) is 0.669. The van der Waals surface area contributed by atoms with Crippen molar-refractivity contribution < 1.29 is 23.9 Å². The molecule has 0 aliphatic heterocycles. The second-order valence-electron chi connectivity index (χ2n) is 6.86. The van der Waals surface area contributed by atoms with Gasteiger partial charge in [0.15, 0.2) is 0 Å². The number of esters is 1. The van der Waals surface area contributed by atoms with Crippen LogP contribution in [0.15, 0.2) is 48.5 Å². The molecule has 1 aliphatic rings. The molecular weight excluding hydrogens is 372 g/mol. The van der Waals surface area contributed by atoms with Gasteiger partial charge < -0.3 is 20.1 Å². The fraction of sp³-hybridized carbons (Fsp3) is 0.318. The van der Waals surface area contributed by atoms with Crippen LogP contribution in [-0.4, -0.2) is 38.5 Å². The lowest BCUT2D eigenvalue weighted by Crippen LogP contribution is -2.29. The molecule has 1 aliphatic carbocycles. The summed E-state index contributed by atoms with van der Waals surface area (Å²) in [5.74, 6) is -0.850. The number of para-hydroxylation sites is 1. The normalized spacial score (nSPS) is 17.2. The smallest absolute Gasteiger partial charge is 0.339 e. The topological polar surface area (TPSA) is 93.7 Å². The Balaban J connectivity index is 1.47. The third-order valence-electron chi connectivity index (χ3n) is 4.93. The minimum absolute atomic E-state index is 0.125. The second-order valence-corrected chi connectivity index (χ2v) is 6.86. The highest BCUT2D eigenvalue weighted by Crippen LogP contribution is 2.39. The number of carbonyl (C=O) groups is 3. The number of carbonyl (C=O) groups excluding carboxylic acids is 3. The van der Waals surface area contributed by atoms with Crippen LogP contribution in [0.5, 0.6) is 5.75 Å². The number of rotatable bonds is 8. The zero-order valence-corrected chi connectivity index (χ0v) is 16.4. The van der Waals surface area contributed by atoms with Gasteiger partial charge >= 0.3 is 5.97 Å². The molecule has 29 heavy (non-hydrogen) atoms. The fourth-order valence-corrected chi connectivity index (χ4v) is 3.13. The maximum atomic E-state index is 12.5. The Morgan fingerprint density at radius 1 is 0.966 bits per heavy atom. The van der Waals surface area contributed by atoms with E-state index in [1.54, 1.807) is 31.4 Å². The fourth-order valence-electron chi connectivity index (χ4n) is 3.13. The summed E-state index contributed by atoms with van der Waals surface area (Å²) in [6, 6.07) is 14.3. The van der Waals surface area contributed by atoms with Gasteiger partial charge in [-0.15, -0.1) is 0 Å². The van der Waals surface area contributed by atoms with Crippen LogP contribution < -0.4 is 15.4 Å². The summed E-state index contributed by atoms with van der Waals surface area (Å²) in [5.41, 5.74) is 1.76. The van der Waals surface area contributed by atoms with Crippen LogP contribution in [0.3, 0.4) is 0 Å². The molecule has 0 radical (unpaired) electrons. The molecule has 7 heteroatoms. The van der Waals surface area contributed by atoms with Crippen molar-refractivity contribution >= 4 is 23.5 Å². The molecule has 0 spiro atoms. The maximum Gasteiger partial charge on any atom is 0.339 e. The van der Waals surface area contributed by atoms with Gasteiger partial charge in [-0.3, -0.25) is 9.59 Å². The Hall–Kier alpha value is -3.35. The number of hydrogen-bond acceptors (Lipinski definition) is 5. The minimum Gasteiger partial charge on any atom is -0.497 e. The van der Waals surface area contributed by atoms with E-state index in [-0.39, 0.29) is 29.2 Å². The summed E-state index contributed by atoms with van der Waals surface area (Å²) < 4.78 is 9.85. The molecule has 2 amide bonds. The largest absolute Gasteiger partial charge is 0.497 e. The first-order valence-corrected chi connectivity index (χ1v) is 9.42. The molecule has 0 saturated heterocycles. The van der Waals surface area contributed by atoms with Crippen LogP contribution in [-0.2, 0) is 20.7 Å². The molecule has 0 aromatic heterocycles. The van der Waals surface area contributed by atoms with E-state index in [1.165, 1.54) is 7.11 Å². The summed E-state index contributed by atoms with van der Waals surface area (Å²) in [6.45, 7) is 0.501. The van der Waals surface area contributed by atoms with Gasteiger partial charge in [-0.2, -0.15) is 0 Å². The molecule has 0 heterocycles. The van der Waals surface area contributed by atoms with E-state index in [1.807, 2.05) is 24.3 Å². The van der Waals surface area contributed by atoms with Crippen LogP contribution in [0.1, 0.15) is 22.3 Å². The Kier molecular flexibility index (Phi) is 6.49. The average Bonchev–Trinajstić information content (AvgIpc) is 3.55. The Labute approximate surface area is 169 Å². The van der Waals surface area contributed by atoms with Crippen LogP contribution in [0, 0.1) is 11.8 Å². The van der Waals surface area contributed by atoms with E-state index in [9.17, 15) is 14.4 Å². The van der Waals surface area contributed by atoms with E-state index in [2.05, 4.69) is 10.6 Å². The van der Waals surface area contributed by atoms with Crippen molar-refractivity contribution in [2.75, 3.05) is 26.1 Å². The zero-order valence-electron chi connectivity index (χ0n) is 16.4. The molecule has 3 rings (SSSR count). The number of nitrogens with one attached hydrogen (secondary N) is 2. The lowest BCUT2D eigenvalue weighted by atomic mass is 10.1. The number of ether oxygens (including phenoxy) is 2. The number of amides is 2. The lowest BCUT2D eigenvalue weighted by Gasteiger charge is -2.09. The van der Waals surface area contributed by atoms with Gasteiger partial charge in [0.05, 0.1) is 37.3 Å². The molecule has 152 valence electrons. The predicted molar refractivity (Wildman–Crippen MR) is 108 cm³/mol. The van der Waals surface area contributed by atoms with Gasteiger partial charge in [0.2, 0.25) is 11.8 Å². The van der Waals surface area contributed by atoms with Gasteiger partial charge in [0.1, 0.15) is 5.75 Å². The Morgan fingerprint density at radius 2 is 1.66 bits per heavy atom. The number of anilines is 1. The number of benzene rings is 2. The summed E-state index contributed by atoms with van der Waals surface area (Å²) in [4.78, 5) is 36.6. The van der Waals surface area contributed by atoms with Crippen molar-refractivity contribution in [2.45, 2.75) is 12.8 Å². The van der Waals surface area contributed by atoms with Gasteiger partial charge in [0.25, 0.3) is 0 Å². The van der Waals surface area contributed by atoms with Crippen LogP contribution in [0.2, 0.25) is 0 Å². The monoisotopic (exact) mass is 396 g/mol. The standard InChI is InChI=1S/C22H24N2O5/c1-28-15-9-7-14(8-10-15)11-12-23-20(25)17-13-18(17)21(26)24-19-6-4-3-5-16(19)22(27)29-2/h3-10,17-18H,11-13H2,1-2H3,(H,23,25)(H,24,26). The number of methoxy groups -OCH3 is 2. The van der Waals surface area contributed by atoms with Crippen LogP contribution >= 0.6 is 0 Å². The molecule has 1 saturated carbocycles. The zero-order chi connectivity index (χ0) is 20.8. The van der Waals surface area contributed by atoms with Crippen molar-refractivity contribution in [1.82, 2.24) is 5.32 Å². The summed E-state index contributed by atoms with van der Waals surface area (Å²) in [5, 5.41) is 5.62. The van der Waals surface area contributed by atoms with E-state index in [0.717, 1.165) is 11.3 Å². The Bertz CT molecular complexity index is 894. The first-order valence-electron chi connectivity index (χ1n) is 9.42. The third-order valence-corrected chi connectivity index (χ3v) is 4.93. The second kappa shape index (κ2) is 9.23. The van der Waals surface area contributed by atoms with Gasteiger partial charge in [0, 0.05) is 6.54 Å². The van der Waals surface area contributed by atoms with Crippen molar-refractivity contribution in [3.8, 4) is 5.75 Å². The SMILES string of the molecule is COC(=O)c1ccccc1NC(=O)C1CC1C(=O)NCCc1ccc(OC)cc1. The van der Waals surface area contributed by atoms with Gasteiger partial charge in [-0.05, 0) is 42.7 Å². The van der Waals surface area contributed by atoms with Crippen molar-refractivity contribution in [2.24, 2.45) is 11.8 Å². The first kappa shape index (κ1) is 20.4. The van der Waals surface area contributed by atoms with E-state index in [4.69, 9.17) is 9.47 Å². The number of hydrogen-bond donors (Lipinski definition) is 2. The van der Waals surface area contributed by atoms with Crippen molar-refractivity contribution in [3.63, 3.8) is 0 Å². The molecule has 1 fully saturated rings. The van der Waals surface area contributed by atoms with Crippen molar-refractivity contribution in [1.29, 1.82) is 0 Å². The first-order chi connectivity index (χ1) is 14.0. The molecule has 2 aromatic carbocycles. The van der Waals surface area contributed by atoms with Crippen LogP contribution in [0.25, 0.3) is 0 Å². The highest BCUT2D eigenvalue weighted by Gasteiger charge is 2.48. The van der Waals surface area contributed by atoms with Crippen molar-refractivity contribution in [3.05, 3.63) is 59.7 Å². The molecule has 2 atom stereocenters. The molecule has 0 bridgehead atoms. The highest BCUT2D eigenvalue weighted by molar-refractivity contribution is 6.04. The maximum absolute atomic E-state index is 12.5. The highest BCUT2D eigenvalue weighted by atomic mass is 16.5. The lowest BCUT2D eigenvalue weighted by molar-refractivity contribution is -0.125. The third kappa shape index (κ3) is 5.13. The molecule has 2 unspecified atom stereocenters. The van der Waals surface area contributed by atoms with Gasteiger partial charge in [-0.1, -0.05) is 24.3 Å². The minimum atomic E-state index is -0.524. The predicted octanol–water partition coefficient (Wildman–Crippen LogP) is 2.42.